The average Bonchev–Trinajstić information content (AvgIpc) is 3.58. The molecule has 6 heteroatoms. The lowest BCUT2D eigenvalue weighted by Crippen LogP contribution is -2.03. The van der Waals surface area contributed by atoms with Crippen LogP contribution in [0.1, 0.15) is 5.56 Å². The van der Waals surface area contributed by atoms with Gasteiger partial charge in [0.2, 0.25) is 9.84 Å². The van der Waals surface area contributed by atoms with Crippen molar-refractivity contribution < 1.29 is 8.42 Å². The minimum atomic E-state index is -3.75. The number of aromatic nitrogens is 2. The molecule has 10 rings (SSSR count). The molecular formula is C41H23N3O2S. The monoisotopic (exact) mass is 621 g/mol. The van der Waals surface area contributed by atoms with Crippen molar-refractivity contribution in [2.24, 2.45) is 0 Å². The topological polar surface area (TPSA) is 67.3 Å². The highest BCUT2D eigenvalue weighted by molar-refractivity contribution is 7.91. The number of benzene rings is 7. The Morgan fingerprint density at radius 3 is 1.91 bits per heavy atom. The molecule has 10 aromatic rings. The Morgan fingerprint density at radius 1 is 0.511 bits per heavy atom. The first kappa shape index (κ1) is 26.1. The predicted molar refractivity (Wildman–Crippen MR) is 190 cm³/mol. The number of hydrogen-bond acceptors (Lipinski definition) is 3. The lowest BCUT2D eigenvalue weighted by Gasteiger charge is -2.11. The van der Waals surface area contributed by atoms with Crippen LogP contribution < -0.4 is 0 Å². The molecule has 47 heavy (non-hydrogen) atoms. The third-order valence-corrected chi connectivity index (χ3v) is 11.5. The molecule has 3 aromatic heterocycles. The molecule has 0 unspecified atom stereocenters. The zero-order valence-electron chi connectivity index (χ0n) is 24.8. The van der Waals surface area contributed by atoms with E-state index in [1.54, 1.807) is 12.1 Å². The summed E-state index contributed by atoms with van der Waals surface area (Å²) in [5, 5.41) is 18.7. The molecule has 0 aliphatic heterocycles. The molecule has 0 saturated heterocycles. The maximum atomic E-state index is 13.5. The Bertz CT molecular complexity index is 3070. The molecule has 5 nitrogen and oxygen atoms in total. The van der Waals surface area contributed by atoms with Crippen LogP contribution in [0.3, 0.4) is 0 Å². The van der Waals surface area contributed by atoms with Crippen molar-refractivity contribution in [3.05, 3.63) is 145 Å². The van der Waals surface area contributed by atoms with Crippen LogP contribution in [0.25, 0.3) is 76.4 Å². The van der Waals surface area contributed by atoms with Gasteiger partial charge in [-0.3, -0.25) is 0 Å². The van der Waals surface area contributed by atoms with E-state index in [1.165, 1.54) is 78.4 Å². The van der Waals surface area contributed by atoms with E-state index in [0.29, 0.717) is 5.56 Å². The van der Waals surface area contributed by atoms with Crippen molar-refractivity contribution in [3.63, 3.8) is 0 Å². The quantitative estimate of drug-likeness (QED) is 0.197. The number of sulfone groups is 1. The van der Waals surface area contributed by atoms with E-state index in [4.69, 9.17) is 5.26 Å². The molecule has 0 aliphatic rings. The zero-order chi connectivity index (χ0) is 31.4. The van der Waals surface area contributed by atoms with Gasteiger partial charge in [0.15, 0.2) is 0 Å². The van der Waals surface area contributed by atoms with Gasteiger partial charge in [0.25, 0.3) is 0 Å². The van der Waals surface area contributed by atoms with Gasteiger partial charge in [-0.05, 0) is 95.0 Å². The molecule has 0 saturated carbocycles. The molecule has 0 radical (unpaired) electrons. The number of nitrogens with zero attached hydrogens (tertiary/aromatic N) is 3. The zero-order valence-corrected chi connectivity index (χ0v) is 25.7. The highest BCUT2D eigenvalue weighted by atomic mass is 32.2. The fourth-order valence-electron chi connectivity index (χ4n) is 7.60. The number of hydrogen-bond donors (Lipinski definition) is 0. The Hall–Kier alpha value is -6.16. The summed E-state index contributed by atoms with van der Waals surface area (Å²) in [6, 6.07) is 47.9. The van der Waals surface area contributed by atoms with E-state index in [2.05, 4.69) is 100.0 Å². The number of para-hydroxylation sites is 1. The van der Waals surface area contributed by atoms with Crippen LogP contribution in [0.15, 0.2) is 149 Å². The third-order valence-electron chi connectivity index (χ3n) is 9.68. The van der Waals surface area contributed by atoms with Gasteiger partial charge in [0.05, 0.1) is 49.0 Å². The van der Waals surface area contributed by atoms with Gasteiger partial charge in [-0.2, -0.15) is 5.26 Å². The first-order valence-electron chi connectivity index (χ1n) is 15.4. The Labute approximate surface area is 269 Å². The molecule has 220 valence electrons. The van der Waals surface area contributed by atoms with Crippen molar-refractivity contribution in [1.29, 1.82) is 5.26 Å². The van der Waals surface area contributed by atoms with E-state index in [9.17, 15) is 8.42 Å². The highest BCUT2D eigenvalue weighted by Crippen LogP contribution is 2.45. The van der Waals surface area contributed by atoms with Gasteiger partial charge in [-0.25, -0.2) is 8.42 Å². The standard InChI is InChI=1S/C41H23N3O2S/c42-24-25-12-16-29(17-13-25)47(45,46)30-18-14-28(15-19-30)43-36-11-5-9-32-31-8-3-4-10-35(31)44-38-23-27-7-2-1-6-26(27)22-34(38)33-20-21-37(43)40(39(32)36)41(33)44/h1-23H. The molecule has 3 heterocycles. The molecule has 7 aromatic carbocycles. The second-order valence-electron chi connectivity index (χ2n) is 12.1. The first-order chi connectivity index (χ1) is 23.0. The van der Waals surface area contributed by atoms with E-state index >= 15 is 0 Å². The molecule has 0 bridgehead atoms. The van der Waals surface area contributed by atoms with Gasteiger partial charge in [-0.1, -0.05) is 60.7 Å². The summed E-state index contributed by atoms with van der Waals surface area (Å²) >= 11 is 0. The van der Waals surface area contributed by atoms with Gasteiger partial charge < -0.3 is 8.97 Å². The second-order valence-corrected chi connectivity index (χ2v) is 14.0. The summed E-state index contributed by atoms with van der Waals surface area (Å²) < 4.78 is 31.7. The second kappa shape index (κ2) is 9.20. The number of nitriles is 1. The molecule has 0 amide bonds. The van der Waals surface area contributed by atoms with Crippen LogP contribution in [0.4, 0.5) is 0 Å². The Balaban J connectivity index is 1.30. The van der Waals surface area contributed by atoms with Gasteiger partial charge in [-0.15, -0.1) is 0 Å². The van der Waals surface area contributed by atoms with Crippen molar-refractivity contribution in [3.8, 4) is 11.8 Å². The maximum Gasteiger partial charge on any atom is 0.206 e. The van der Waals surface area contributed by atoms with Crippen LogP contribution in [0.2, 0.25) is 0 Å². The Morgan fingerprint density at radius 2 is 1.15 bits per heavy atom. The number of fused-ring (bicyclic) bond motifs is 7. The van der Waals surface area contributed by atoms with Crippen molar-refractivity contribution in [1.82, 2.24) is 8.97 Å². The lowest BCUT2D eigenvalue weighted by molar-refractivity contribution is 0.596. The van der Waals surface area contributed by atoms with E-state index < -0.39 is 9.84 Å². The summed E-state index contributed by atoms with van der Waals surface area (Å²) in [5.41, 5.74) is 6.92. The molecular weight excluding hydrogens is 599 g/mol. The third kappa shape index (κ3) is 3.44. The number of rotatable bonds is 3. The van der Waals surface area contributed by atoms with Crippen LogP contribution in [0.5, 0.6) is 0 Å². The maximum absolute atomic E-state index is 13.5. The van der Waals surface area contributed by atoms with Crippen LogP contribution in [-0.2, 0) is 9.84 Å². The lowest BCUT2D eigenvalue weighted by atomic mass is 10.0. The smallest absolute Gasteiger partial charge is 0.206 e. The molecule has 0 spiro atoms. The van der Waals surface area contributed by atoms with Gasteiger partial charge >= 0.3 is 0 Å². The fourth-order valence-corrected chi connectivity index (χ4v) is 8.86. The summed E-state index contributed by atoms with van der Waals surface area (Å²) in [7, 11) is -3.75. The molecule has 0 fully saturated rings. The fraction of sp³-hybridized carbons (Fsp3) is 0. The van der Waals surface area contributed by atoms with Crippen molar-refractivity contribution >= 4 is 80.5 Å². The van der Waals surface area contributed by atoms with Gasteiger partial charge in [0, 0.05) is 32.6 Å². The van der Waals surface area contributed by atoms with Gasteiger partial charge in [0.1, 0.15) is 0 Å². The van der Waals surface area contributed by atoms with Crippen molar-refractivity contribution in [2.75, 3.05) is 0 Å². The summed E-state index contributed by atoms with van der Waals surface area (Å²) in [6.45, 7) is 0. The van der Waals surface area contributed by atoms with Crippen molar-refractivity contribution in [2.45, 2.75) is 9.79 Å². The normalized spacial score (nSPS) is 12.4. The molecule has 0 aliphatic carbocycles. The van der Waals surface area contributed by atoms with Crippen LogP contribution in [-0.4, -0.2) is 17.4 Å². The Kier molecular flexibility index (Phi) is 5.11. The largest absolute Gasteiger partial charge is 0.309 e. The van der Waals surface area contributed by atoms with Crippen LogP contribution in [0, 0.1) is 11.3 Å². The molecule has 0 atom stereocenters. The van der Waals surface area contributed by atoms with E-state index in [0.717, 1.165) is 22.2 Å². The molecule has 0 N–H and O–H groups in total. The summed E-state index contributed by atoms with van der Waals surface area (Å²) in [6.07, 6.45) is 0. The predicted octanol–water partition coefficient (Wildman–Crippen LogP) is 9.79. The highest BCUT2D eigenvalue weighted by Gasteiger charge is 2.24. The summed E-state index contributed by atoms with van der Waals surface area (Å²) in [5.74, 6) is 0. The minimum Gasteiger partial charge on any atom is -0.309 e. The minimum absolute atomic E-state index is 0.162. The van der Waals surface area contributed by atoms with E-state index in [1.807, 2.05) is 18.2 Å². The SMILES string of the molecule is N#Cc1ccc(S(=O)(=O)c2ccc(-n3c4cccc5c6ccccc6n6c7cc8ccccc8cc7c7ccc3c(c54)c76)cc2)cc1. The van der Waals surface area contributed by atoms with E-state index in [-0.39, 0.29) is 9.79 Å². The summed E-state index contributed by atoms with van der Waals surface area (Å²) in [4.78, 5) is 0.367. The first-order valence-corrected chi connectivity index (χ1v) is 16.9. The average molecular weight is 622 g/mol. The van der Waals surface area contributed by atoms with Crippen LogP contribution >= 0.6 is 0 Å².